The van der Waals surface area contributed by atoms with Crippen molar-refractivity contribution in [3.05, 3.63) is 84.4 Å². The van der Waals surface area contributed by atoms with Gasteiger partial charge in [-0.05, 0) is 48.5 Å². The lowest BCUT2D eigenvalue weighted by molar-refractivity contribution is 0.102. The molecule has 0 aliphatic carbocycles. The summed E-state index contributed by atoms with van der Waals surface area (Å²) in [5, 5.41) is 2.95. The Labute approximate surface area is 178 Å². The van der Waals surface area contributed by atoms with Gasteiger partial charge < -0.3 is 15.8 Å². The first kappa shape index (κ1) is 18.6. The maximum Gasteiger partial charge on any atom is 0.256 e. The van der Waals surface area contributed by atoms with E-state index in [4.69, 9.17) is 20.4 Å². The van der Waals surface area contributed by atoms with Gasteiger partial charge in [-0.15, -0.1) is 0 Å². The lowest BCUT2D eigenvalue weighted by Gasteiger charge is -2.12. The molecule has 0 fully saturated rings. The second-order valence-electron chi connectivity index (χ2n) is 7.00. The molecule has 0 radical (unpaired) electrons. The molecular formula is C24H19N5O2. The number of methoxy groups -OCH3 is 1. The van der Waals surface area contributed by atoms with E-state index in [2.05, 4.69) is 5.32 Å². The summed E-state index contributed by atoms with van der Waals surface area (Å²) in [6, 6.07) is 24.0. The second kappa shape index (κ2) is 7.46. The summed E-state index contributed by atoms with van der Waals surface area (Å²) in [6.45, 7) is 0. The normalized spacial score (nSPS) is 11.0. The van der Waals surface area contributed by atoms with Crippen LogP contribution in [0.15, 0.2) is 78.9 Å². The highest BCUT2D eigenvalue weighted by molar-refractivity contribution is 6.09. The standard InChI is InChI=1S/C24H19N5O2/c1-31-17-13-11-16(12-14-17)29-22(28-24(30)15-7-3-2-4-8-15)20(25)21-23(29)27-19-10-6-5-9-18(19)26-21/h2-14H,25H2,1H3,(H,28,30). The van der Waals surface area contributed by atoms with Crippen LogP contribution in [0.25, 0.3) is 27.9 Å². The average Bonchev–Trinajstić information content (AvgIpc) is 3.08. The summed E-state index contributed by atoms with van der Waals surface area (Å²) in [7, 11) is 1.61. The van der Waals surface area contributed by atoms with E-state index >= 15 is 0 Å². The Morgan fingerprint density at radius 2 is 1.55 bits per heavy atom. The molecule has 0 unspecified atom stereocenters. The van der Waals surface area contributed by atoms with Gasteiger partial charge in [0, 0.05) is 11.3 Å². The number of hydrogen-bond donors (Lipinski definition) is 2. The molecule has 3 N–H and O–H groups in total. The van der Waals surface area contributed by atoms with Gasteiger partial charge in [-0.1, -0.05) is 30.3 Å². The first-order valence-electron chi connectivity index (χ1n) is 9.73. The van der Waals surface area contributed by atoms with E-state index in [0.29, 0.717) is 28.2 Å². The number of benzene rings is 3. The number of anilines is 2. The van der Waals surface area contributed by atoms with Crippen LogP contribution in [0, 0.1) is 0 Å². The number of carbonyl (C=O) groups is 1. The number of carbonyl (C=O) groups excluding carboxylic acids is 1. The largest absolute Gasteiger partial charge is 0.497 e. The van der Waals surface area contributed by atoms with Crippen LogP contribution in [0.3, 0.4) is 0 Å². The van der Waals surface area contributed by atoms with Crippen molar-refractivity contribution < 1.29 is 9.53 Å². The van der Waals surface area contributed by atoms with Gasteiger partial charge in [0.2, 0.25) is 0 Å². The Morgan fingerprint density at radius 3 is 2.23 bits per heavy atom. The van der Waals surface area contributed by atoms with E-state index < -0.39 is 0 Å². The summed E-state index contributed by atoms with van der Waals surface area (Å²) in [5.74, 6) is 0.873. The summed E-state index contributed by atoms with van der Waals surface area (Å²) in [6.07, 6.45) is 0. The molecule has 31 heavy (non-hydrogen) atoms. The topological polar surface area (TPSA) is 95.1 Å². The zero-order chi connectivity index (χ0) is 21.4. The third kappa shape index (κ3) is 3.22. The number of nitrogens with two attached hydrogens (primary N) is 1. The second-order valence-corrected chi connectivity index (χ2v) is 7.00. The monoisotopic (exact) mass is 409 g/mol. The molecule has 0 aliphatic rings. The SMILES string of the molecule is COc1ccc(-n2c(NC(=O)c3ccccc3)c(N)c3nc4ccccc4nc32)cc1. The maximum atomic E-state index is 12.9. The van der Waals surface area contributed by atoms with E-state index in [0.717, 1.165) is 22.5 Å². The number of nitrogens with one attached hydrogen (secondary N) is 1. The predicted molar refractivity (Wildman–Crippen MR) is 122 cm³/mol. The Kier molecular flexibility index (Phi) is 4.48. The molecule has 2 heterocycles. The summed E-state index contributed by atoms with van der Waals surface area (Å²) >= 11 is 0. The molecule has 0 atom stereocenters. The Balaban J connectivity index is 1.74. The molecular weight excluding hydrogens is 390 g/mol. The fourth-order valence-electron chi connectivity index (χ4n) is 3.54. The summed E-state index contributed by atoms with van der Waals surface area (Å²) in [4.78, 5) is 22.4. The van der Waals surface area contributed by atoms with Crippen LogP contribution in [0.5, 0.6) is 5.75 Å². The highest BCUT2D eigenvalue weighted by Crippen LogP contribution is 2.35. The minimum absolute atomic E-state index is 0.269. The van der Waals surface area contributed by atoms with Crippen molar-refractivity contribution in [2.45, 2.75) is 0 Å². The first-order valence-corrected chi connectivity index (χ1v) is 9.73. The highest BCUT2D eigenvalue weighted by Gasteiger charge is 2.22. The van der Waals surface area contributed by atoms with E-state index in [1.54, 1.807) is 19.2 Å². The third-order valence-corrected chi connectivity index (χ3v) is 5.10. The van der Waals surface area contributed by atoms with Gasteiger partial charge in [0.15, 0.2) is 5.65 Å². The van der Waals surface area contributed by atoms with Gasteiger partial charge in [0.25, 0.3) is 5.91 Å². The number of aromatic nitrogens is 3. The summed E-state index contributed by atoms with van der Waals surface area (Å²) in [5.41, 5.74) is 10.7. The van der Waals surface area contributed by atoms with Crippen molar-refractivity contribution in [2.24, 2.45) is 0 Å². The van der Waals surface area contributed by atoms with Crippen LogP contribution in [0.1, 0.15) is 10.4 Å². The molecule has 0 aliphatic heterocycles. The van der Waals surface area contributed by atoms with Gasteiger partial charge in [-0.3, -0.25) is 9.36 Å². The average molecular weight is 409 g/mol. The number of amides is 1. The highest BCUT2D eigenvalue weighted by atomic mass is 16.5. The molecule has 0 bridgehead atoms. The Hall–Kier alpha value is -4.39. The number of fused-ring (bicyclic) bond motifs is 2. The molecule has 5 aromatic rings. The number of para-hydroxylation sites is 2. The van der Waals surface area contributed by atoms with Gasteiger partial charge in [-0.2, -0.15) is 0 Å². The van der Waals surface area contributed by atoms with Crippen molar-refractivity contribution in [1.82, 2.24) is 14.5 Å². The van der Waals surface area contributed by atoms with Crippen LogP contribution < -0.4 is 15.8 Å². The van der Waals surface area contributed by atoms with Crippen molar-refractivity contribution in [3.63, 3.8) is 0 Å². The molecule has 1 amide bonds. The van der Waals surface area contributed by atoms with Crippen molar-refractivity contribution >= 4 is 39.6 Å². The van der Waals surface area contributed by atoms with Crippen LogP contribution in [0.2, 0.25) is 0 Å². The molecule has 0 spiro atoms. The van der Waals surface area contributed by atoms with Crippen LogP contribution in [-0.2, 0) is 0 Å². The molecule has 0 saturated carbocycles. The fraction of sp³-hybridized carbons (Fsp3) is 0.0417. The molecule has 7 nitrogen and oxygen atoms in total. The van der Waals surface area contributed by atoms with Crippen molar-refractivity contribution in [1.29, 1.82) is 0 Å². The van der Waals surface area contributed by atoms with E-state index in [9.17, 15) is 4.79 Å². The lowest BCUT2D eigenvalue weighted by Crippen LogP contribution is -2.15. The van der Waals surface area contributed by atoms with Crippen molar-refractivity contribution in [3.8, 4) is 11.4 Å². The fourth-order valence-corrected chi connectivity index (χ4v) is 3.54. The molecule has 5 rings (SSSR count). The van der Waals surface area contributed by atoms with Gasteiger partial charge in [0.1, 0.15) is 22.8 Å². The number of nitrogen functional groups attached to an aromatic ring is 1. The summed E-state index contributed by atoms with van der Waals surface area (Å²) < 4.78 is 7.09. The predicted octanol–water partition coefficient (Wildman–Crippen LogP) is 4.42. The molecule has 2 aromatic heterocycles. The number of rotatable bonds is 4. The zero-order valence-electron chi connectivity index (χ0n) is 16.7. The molecule has 152 valence electrons. The van der Waals surface area contributed by atoms with E-state index in [1.165, 1.54) is 0 Å². The first-order chi connectivity index (χ1) is 15.2. The third-order valence-electron chi connectivity index (χ3n) is 5.10. The van der Waals surface area contributed by atoms with Crippen LogP contribution in [0.4, 0.5) is 11.5 Å². The van der Waals surface area contributed by atoms with E-state index in [-0.39, 0.29) is 5.91 Å². The van der Waals surface area contributed by atoms with Gasteiger partial charge >= 0.3 is 0 Å². The lowest BCUT2D eigenvalue weighted by atomic mass is 10.2. The minimum Gasteiger partial charge on any atom is -0.497 e. The Bertz CT molecular complexity index is 1410. The van der Waals surface area contributed by atoms with E-state index in [1.807, 2.05) is 71.3 Å². The smallest absolute Gasteiger partial charge is 0.256 e. The Morgan fingerprint density at radius 1 is 0.903 bits per heavy atom. The zero-order valence-corrected chi connectivity index (χ0v) is 16.7. The van der Waals surface area contributed by atoms with Gasteiger partial charge in [-0.25, -0.2) is 9.97 Å². The molecule has 0 saturated heterocycles. The van der Waals surface area contributed by atoms with Crippen LogP contribution in [-0.4, -0.2) is 27.6 Å². The number of nitrogens with zero attached hydrogens (tertiary/aromatic N) is 3. The van der Waals surface area contributed by atoms with Gasteiger partial charge in [0.05, 0.1) is 18.1 Å². The number of hydrogen-bond acceptors (Lipinski definition) is 5. The number of ether oxygens (including phenoxy) is 1. The minimum atomic E-state index is -0.269. The van der Waals surface area contributed by atoms with Crippen LogP contribution >= 0.6 is 0 Å². The molecule has 3 aromatic carbocycles. The quantitative estimate of drug-likeness (QED) is 0.458. The van der Waals surface area contributed by atoms with Crippen molar-refractivity contribution in [2.75, 3.05) is 18.2 Å². The molecule has 7 heteroatoms. The maximum absolute atomic E-state index is 12.9.